The quantitative estimate of drug-likeness (QED) is 0.0527. The summed E-state index contributed by atoms with van der Waals surface area (Å²) in [7, 11) is 0. The van der Waals surface area contributed by atoms with Crippen LogP contribution in [0.2, 0.25) is 0 Å². The van der Waals surface area contributed by atoms with Crippen molar-refractivity contribution < 1.29 is 38.0 Å². The Morgan fingerprint density at radius 2 is 0.848 bits per heavy atom. The fourth-order valence-electron chi connectivity index (χ4n) is 4.93. The second kappa shape index (κ2) is 34.6. The summed E-state index contributed by atoms with van der Waals surface area (Å²) in [5, 5.41) is 0. The molecule has 0 saturated heterocycles. The second-order valence-corrected chi connectivity index (χ2v) is 11.9. The van der Waals surface area contributed by atoms with Gasteiger partial charge < -0.3 is 33.2 Å². The van der Waals surface area contributed by atoms with Crippen LogP contribution in [-0.4, -0.2) is 85.3 Å². The minimum Gasteiger partial charge on any atom is -0.491 e. The van der Waals surface area contributed by atoms with E-state index in [0.29, 0.717) is 85.7 Å². The maximum Gasteiger partial charge on any atom is 0.305 e. The molecule has 0 N–H and O–H groups in total. The van der Waals surface area contributed by atoms with Gasteiger partial charge in [0, 0.05) is 6.42 Å². The van der Waals surface area contributed by atoms with E-state index in [1.165, 1.54) is 89.0 Å². The second-order valence-electron chi connectivity index (χ2n) is 11.9. The third-order valence-electron chi connectivity index (χ3n) is 7.70. The Kier molecular flexibility index (Phi) is 31.8. The van der Waals surface area contributed by atoms with E-state index in [1.807, 2.05) is 0 Å². The molecule has 0 heterocycles. The van der Waals surface area contributed by atoms with Gasteiger partial charge in [-0.05, 0) is 37.0 Å². The Morgan fingerprint density at radius 1 is 0.457 bits per heavy atom. The Balaban J connectivity index is 1.74. The molecule has 0 aliphatic heterocycles. The van der Waals surface area contributed by atoms with E-state index in [1.54, 1.807) is 0 Å². The van der Waals surface area contributed by atoms with Crippen molar-refractivity contribution in [2.45, 2.75) is 123 Å². The Labute approximate surface area is 281 Å². The number of ether oxygens (including phenoxy) is 7. The maximum atomic E-state index is 11.8. The standard InChI is InChI=1S/C38H68O8/c1-3-5-7-9-11-12-13-15-17-19-38(39)46-35-33-44-31-29-42-27-25-40-24-26-41-28-30-43-32-34-45-37-22-20-36(21-23-37)18-16-14-10-8-6-4-2/h20-23H,3-19,24-35H2,1-2H3. The number of aryl methyl sites for hydroxylation is 1. The zero-order valence-electron chi connectivity index (χ0n) is 29.6. The molecule has 0 bridgehead atoms. The first-order valence-corrected chi connectivity index (χ1v) is 18.5. The largest absolute Gasteiger partial charge is 0.491 e. The van der Waals surface area contributed by atoms with Crippen molar-refractivity contribution in [1.82, 2.24) is 0 Å². The van der Waals surface area contributed by atoms with Gasteiger partial charge >= 0.3 is 5.97 Å². The lowest BCUT2D eigenvalue weighted by Gasteiger charge is -2.09. The SMILES string of the molecule is CCCCCCCCCCCC(=O)OCCOCCOCCOCCOCCOCCOc1ccc(CCCCCCCC)cc1. The Bertz CT molecular complexity index is 758. The van der Waals surface area contributed by atoms with E-state index >= 15 is 0 Å². The van der Waals surface area contributed by atoms with Gasteiger partial charge in [0.25, 0.3) is 0 Å². The molecule has 1 aromatic carbocycles. The van der Waals surface area contributed by atoms with Gasteiger partial charge in [-0.15, -0.1) is 0 Å². The number of benzene rings is 1. The highest BCUT2D eigenvalue weighted by Gasteiger charge is 2.03. The van der Waals surface area contributed by atoms with Crippen LogP contribution in [0.25, 0.3) is 0 Å². The van der Waals surface area contributed by atoms with Gasteiger partial charge in [0.05, 0.1) is 66.1 Å². The molecule has 0 aliphatic rings. The van der Waals surface area contributed by atoms with Crippen molar-refractivity contribution >= 4 is 5.97 Å². The fourth-order valence-corrected chi connectivity index (χ4v) is 4.93. The number of unbranched alkanes of at least 4 members (excludes halogenated alkanes) is 13. The van der Waals surface area contributed by atoms with Gasteiger partial charge in [0.1, 0.15) is 19.0 Å². The fraction of sp³-hybridized carbons (Fsp3) is 0.816. The number of rotatable bonds is 36. The highest BCUT2D eigenvalue weighted by Crippen LogP contribution is 2.15. The minimum absolute atomic E-state index is 0.128. The maximum absolute atomic E-state index is 11.8. The van der Waals surface area contributed by atoms with Crippen LogP contribution in [-0.2, 0) is 39.6 Å². The highest BCUT2D eigenvalue weighted by molar-refractivity contribution is 5.69. The van der Waals surface area contributed by atoms with Crippen LogP contribution >= 0.6 is 0 Å². The first-order chi connectivity index (χ1) is 22.8. The molecule has 268 valence electrons. The smallest absolute Gasteiger partial charge is 0.305 e. The van der Waals surface area contributed by atoms with Crippen LogP contribution in [0.5, 0.6) is 5.75 Å². The first-order valence-electron chi connectivity index (χ1n) is 18.5. The lowest BCUT2D eigenvalue weighted by atomic mass is 10.0. The van der Waals surface area contributed by atoms with Crippen LogP contribution in [0.1, 0.15) is 122 Å². The molecule has 1 rings (SSSR count). The van der Waals surface area contributed by atoms with Crippen molar-refractivity contribution in [3.63, 3.8) is 0 Å². The summed E-state index contributed by atoms with van der Waals surface area (Å²) < 4.78 is 38.6. The Morgan fingerprint density at radius 3 is 1.33 bits per heavy atom. The average molecular weight is 653 g/mol. The number of esters is 1. The summed E-state index contributed by atoms with van der Waals surface area (Å²) in [5.41, 5.74) is 1.38. The summed E-state index contributed by atoms with van der Waals surface area (Å²) in [4.78, 5) is 11.8. The first kappa shape index (κ1) is 42.3. The number of hydrogen-bond acceptors (Lipinski definition) is 8. The van der Waals surface area contributed by atoms with Crippen molar-refractivity contribution in [3.8, 4) is 5.75 Å². The van der Waals surface area contributed by atoms with Crippen LogP contribution in [0.15, 0.2) is 24.3 Å². The summed E-state index contributed by atoms with van der Waals surface area (Å²) in [5.74, 6) is 0.759. The number of carbonyl (C=O) groups is 1. The lowest BCUT2D eigenvalue weighted by Crippen LogP contribution is -2.15. The van der Waals surface area contributed by atoms with Crippen LogP contribution in [0.3, 0.4) is 0 Å². The predicted octanol–water partition coefficient (Wildman–Crippen LogP) is 8.52. The zero-order valence-corrected chi connectivity index (χ0v) is 29.6. The molecule has 1 aromatic rings. The van der Waals surface area contributed by atoms with Gasteiger partial charge in [0.2, 0.25) is 0 Å². The Hall–Kier alpha value is -1.71. The van der Waals surface area contributed by atoms with Crippen molar-refractivity contribution in [1.29, 1.82) is 0 Å². The van der Waals surface area contributed by atoms with Gasteiger partial charge in [-0.25, -0.2) is 0 Å². The monoisotopic (exact) mass is 652 g/mol. The molecule has 8 heteroatoms. The summed E-state index contributed by atoms with van der Waals surface area (Å²) in [6.07, 6.45) is 20.8. The molecule has 0 unspecified atom stereocenters. The molecule has 46 heavy (non-hydrogen) atoms. The van der Waals surface area contributed by atoms with E-state index in [0.717, 1.165) is 25.0 Å². The summed E-state index contributed by atoms with van der Waals surface area (Å²) >= 11 is 0. The predicted molar refractivity (Wildman–Crippen MR) is 186 cm³/mol. The normalized spacial score (nSPS) is 11.3. The van der Waals surface area contributed by atoms with Gasteiger partial charge in [-0.2, -0.15) is 0 Å². The van der Waals surface area contributed by atoms with E-state index in [-0.39, 0.29) is 5.97 Å². The molecule has 0 radical (unpaired) electrons. The molecule has 0 aromatic heterocycles. The highest BCUT2D eigenvalue weighted by atomic mass is 16.6. The molecule has 0 saturated carbocycles. The summed E-state index contributed by atoms with van der Waals surface area (Å²) in [6.45, 7) is 10.3. The van der Waals surface area contributed by atoms with Crippen molar-refractivity contribution in [3.05, 3.63) is 29.8 Å². The van der Waals surface area contributed by atoms with E-state index in [9.17, 15) is 4.79 Å². The molecule has 0 amide bonds. The molecular weight excluding hydrogens is 584 g/mol. The third kappa shape index (κ3) is 29.7. The number of carbonyl (C=O) groups excluding carboxylic acids is 1. The van der Waals surface area contributed by atoms with Crippen LogP contribution in [0, 0.1) is 0 Å². The number of hydrogen-bond donors (Lipinski definition) is 0. The molecular formula is C38H68O8. The van der Waals surface area contributed by atoms with Gasteiger partial charge in [-0.3, -0.25) is 4.79 Å². The zero-order chi connectivity index (χ0) is 33.0. The molecule has 0 fully saturated rings. The van der Waals surface area contributed by atoms with Gasteiger partial charge in [0.15, 0.2) is 0 Å². The molecule has 0 spiro atoms. The van der Waals surface area contributed by atoms with E-state index < -0.39 is 0 Å². The third-order valence-corrected chi connectivity index (χ3v) is 7.70. The van der Waals surface area contributed by atoms with E-state index in [2.05, 4.69) is 38.1 Å². The van der Waals surface area contributed by atoms with Crippen LogP contribution < -0.4 is 4.74 Å². The minimum atomic E-state index is -0.128. The lowest BCUT2D eigenvalue weighted by molar-refractivity contribution is -0.145. The van der Waals surface area contributed by atoms with Crippen LogP contribution in [0.4, 0.5) is 0 Å². The van der Waals surface area contributed by atoms with Crippen molar-refractivity contribution in [2.75, 3.05) is 79.3 Å². The summed E-state index contributed by atoms with van der Waals surface area (Å²) in [6, 6.07) is 8.44. The molecule has 0 aliphatic carbocycles. The van der Waals surface area contributed by atoms with Crippen molar-refractivity contribution in [2.24, 2.45) is 0 Å². The topological polar surface area (TPSA) is 81.7 Å². The molecule has 0 atom stereocenters. The molecule has 8 nitrogen and oxygen atoms in total. The average Bonchev–Trinajstić information content (AvgIpc) is 3.07. The van der Waals surface area contributed by atoms with E-state index in [4.69, 9.17) is 33.2 Å². The van der Waals surface area contributed by atoms with Gasteiger partial charge in [-0.1, -0.05) is 109 Å².